The Morgan fingerprint density at radius 3 is 1.95 bits per heavy atom. The highest BCUT2D eigenvalue weighted by atomic mass is 32.2. The number of para-hydroxylation sites is 1. The number of aryl methyl sites for hydroxylation is 2. The van der Waals surface area contributed by atoms with Gasteiger partial charge in [-0.3, -0.25) is 0 Å². The molecule has 39 heavy (non-hydrogen) atoms. The Balaban J connectivity index is 1.52. The van der Waals surface area contributed by atoms with E-state index in [1.807, 2.05) is 122 Å². The summed E-state index contributed by atoms with van der Waals surface area (Å²) in [6.07, 6.45) is 2.36. The predicted octanol–water partition coefficient (Wildman–Crippen LogP) is 6.70. The number of nitrogens with zero attached hydrogens (tertiary/aromatic N) is 4. The summed E-state index contributed by atoms with van der Waals surface area (Å²) in [4.78, 5) is 0.212. The Hall–Kier alpha value is -4.49. The van der Waals surface area contributed by atoms with E-state index in [4.69, 9.17) is 10.2 Å². The van der Waals surface area contributed by atoms with Gasteiger partial charge in [0.25, 0.3) is 10.0 Å². The highest BCUT2D eigenvalue weighted by molar-refractivity contribution is 7.89. The van der Waals surface area contributed by atoms with Crippen LogP contribution in [0.3, 0.4) is 0 Å². The highest BCUT2D eigenvalue weighted by Gasteiger charge is 2.40. The summed E-state index contributed by atoms with van der Waals surface area (Å²) in [5, 5.41) is 9.71. The minimum atomic E-state index is -3.95. The number of sulfonamides is 1. The second-order valence-corrected chi connectivity index (χ2v) is 11.6. The summed E-state index contributed by atoms with van der Waals surface area (Å²) in [6, 6.07) is 34.1. The van der Waals surface area contributed by atoms with Crippen LogP contribution in [0.1, 0.15) is 34.7 Å². The van der Waals surface area contributed by atoms with Gasteiger partial charge in [-0.15, -0.1) is 0 Å². The van der Waals surface area contributed by atoms with Crippen molar-refractivity contribution < 1.29 is 8.42 Å². The lowest BCUT2D eigenvalue weighted by atomic mass is 9.97. The van der Waals surface area contributed by atoms with Gasteiger partial charge in [-0.2, -0.15) is 23.0 Å². The quantitative estimate of drug-likeness (QED) is 0.245. The van der Waals surface area contributed by atoms with Gasteiger partial charge in [0.15, 0.2) is 0 Å². The smallest absolute Gasteiger partial charge is 0.240 e. The molecule has 0 aliphatic carbocycles. The highest BCUT2D eigenvalue weighted by Crippen LogP contribution is 2.41. The van der Waals surface area contributed by atoms with Crippen LogP contribution < -0.4 is 0 Å². The largest absolute Gasteiger partial charge is 0.279 e. The summed E-state index contributed by atoms with van der Waals surface area (Å²) in [6.45, 7) is 3.97. The van der Waals surface area contributed by atoms with Crippen LogP contribution in [0.2, 0.25) is 0 Å². The van der Waals surface area contributed by atoms with Crippen molar-refractivity contribution in [2.45, 2.75) is 31.2 Å². The van der Waals surface area contributed by atoms with Gasteiger partial charge in [-0.05, 0) is 43.7 Å². The van der Waals surface area contributed by atoms with E-state index in [2.05, 4.69) is 0 Å². The molecular weight excluding hydrogens is 504 g/mol. The molecule has 7 heteroatoms. The first kappa shape index (κ1) is 24.8. The third kappa shape index (κ3) is 4.77. The summed E-state index contributed by atoms with van der Waals surface area (Å²) in [5.74, 6) is 0. The molecule has 1 unspecified atom stereocenters. The molecule has 2 heterocycles. The van der Waals surface area contributed by atoms with E-state index >= 15 is 0 Å². The summed E-state index contributed by atoms with van der Waals surface area (Å²) in [5.41, 5.74) is 7.09. The molecular formula is C32H28N4O2S. The lowest BCUT2D eigenvalue weighted by Gasteiger charge is -2.23. The molecule has 1 atom stereocenters. The molecule has 194 valence electrons. The summed E-state index contributed by atoms with van der Waals surface area (Å²) >= 11 is 0. The lowest BCUT2D eigenvalue weighted by Crippen LogP contribution is -2.27. The van der Waals surface area contributed by atoms with Gasteiger partial charge in [0, 0.05) is 23.7 Å². The number of hydrazone groups is 1. The molecule has 0 saturated heterocycles. The molecule has 0 amide bonds. The molecule has 0 spiro atoms. The van der Waals surface area contributed by atoms with E-state index < -0.39 is 16.1 Å². The second-order valence-electron chi connectivity index (χ2n) is 9.80. The van der Waals surface area contributed by atoms with Gasteiger partial charge in [0.1, 0.15) is 0 Å². The fourth-order valence-electron chi connectivity index (χ4n) is 4.85. The first-order valence-electron chi connectivity index (χ1n) is 12.9. The van der Waals surface area contributed by atoms with Crippen molar-refractivity contribution in [3.63, 3.8) is 0 Å². The van der Waals surface area contributed by atoms with Crippen LogP contribution in [-0.4, -0.2) is 28.3 Å². The Morgan fingerprint density at radius 1 is 0.718 bits per heavy atom. The van der Waals surface area contributed by atoms with Gasteiger partial charge >= 0.3 is 0 Å². The minimum absolute atomic E-state index is 0.212. The van der Waals surface area contributed by atoms with Gasteiger partial charge in [0.2, 0.25) is 0 Å². The maximum Gasteiger partial charge on any atom is 0.279 e. The number of benzene rings is 4. The molecule has 0 radical (unpaired) electrons. The minimum Gasteiger partial charge on any atom is -0.240 e. The van der Waals surface area contributed by atoms with E-state index in [0.717, 1.165) is 44.9 Å². The third-order valence-corrected chi connectivity index (χ3v) is 8.69. The van der Waals surface area contributed by atoms with Crippen molar-refractivity contribution in [1.29, 1.82) is 0 Å². The van der Waals surface area contributed by atoms with Crippen LogP contribution in [0.5, 0.6) is 0 Å². The Bertz CT molecular complexity index is 1740. The average molecular weight is 533 g/mol. The van der Waals surface area contributed by atoms with Crippen molar-refractivity contribution >= 4 is 15.7 Å². The van der Waals surface area contributed by atoms with Gasteiger partial charge < -0.3 is 0 Å². The molecule has 0 bridgehead atoms. The topological polar surface area (TPSA) is 67.6 Å². The van der Waals surface area contributed by atoms with Crippen molar-refractivity contribution in [2.24, 2.45) is 5.10 Å². The normalized spacial score (nSPS) is 15.4. The van der Waals surface area contributed by atoms with E-state index in [0.29, 0.717) is 6.42 Å². The molecule has 6 rings (SSSR count). The van der Waals surface area contributed by atoms with Crippen LogP contribution in [0.15, 0.2) is 125 Å². The summed E-state index contributed by atoms with van der Waals surface area (Å²) in [7, 11) is -3.95. The first-order valence-corrected chi connectivity index (χ1v) is 14.3. The van der Waals surface area contributed by atoms with Crippen LogP contribution in [0.25, 0.3) is 16.9 Å². The molecule has 0 saturated carbocycles. The molecule has 4 aromatic carbocycles. The maximum absolute atomic E-state index is 14.1. The fourth-order valence-corrected chi connectivity index (χ4v) is 6.27. The molecule has 1 aliphatic rings. The number of hydrogen-bond acceptors (Lipinski definition) is 4. The molecule has 0 fully saturated rings. The Morgan fingerprint density at radius 2 is 1.31 bits per heavy atom. The molecule has 5 aromatic rings. The van der Waals surface area contributed by atoms with Crippen LogP contribution >= 0.6 is 0 Å². The van der Waals surface area contributed by atoms with Gasteiger partial charge in [-0.1, -0.05) is 96.1 Å². The van der Waals surface area contributed by atoms with Crippen LogP contribution in [0.4, 0.5) is 0 Å². The maximum atomic E-state index is 14.1. The fraction of sp³-hybridized carbons (Fsp3) is 0.125. The Kier molecular flexibility index (Phi) is 6.37. The summed E-state index contributed by atoms with van der Waals surface area (Å²) < 4.78 is 31.3. The third-order valence-electron chi connectivity index (χ3n) is 6.99. The predicted molar refractivity (Wildman–Crippen MR) is 154 cm³/mol. The zero-order valence-corrected chi connectivity index (χ0v) is 22.6. The van der Waals surface area contributed by atoms with E-state index in [1.54, 1.807) is 12.1 Å². The standard InChI is InChI=1S/C32H28N4O2S/c1-23-13-17-25(18-14-23)30-21-31(36(33-30)39(37,38)28-19-15-24(2)16-20-28)29-22-35(27-11-7-4-8-12-27)34-32(29)26-9-5-3-6-10-26/h3-20,22,31H,21H2,1-2H3. The zero-order chi connectivity index (χ0) is 27.0. The van der Waals surface area contributed by atoms with Gasteiger partial charge in [-0.25, -0.2) is 4.68 Å². The van der Waals surface area contributed by atoms with Crippen molar-refractivity contribution in [1.82, 2.24) is 14.2 Å². The van der Waals surface area contributed by atoms with Crippen LogP contribution in [0, 0.1) is 13.8 Å². The van der Waals surface area contributed by atoms with Crippen molar-refractivity contribution in [3.05, 3.63) is 138 Å². The van der Waals surface area contributed by atoms with E-state index in [9.17, 15) is 8.42 Å². The monoisotopic (exact) mass is 532 g/mol. The van der Waals surface area contributed by atoms with E-state index in [-0.39, 0.29) is 4.90 Å². The lowest BCUT2D eigenvalue weighted by molar-refractivity contribution is 0.372. The van der Waals surface area contributed by atoms with Gasteiger partial charge in [0.05, 0.1) is 28.0 Å². The molecule has 6 nitrogen and oxygen atoms in total. The molecule has 1 aromatic heterocycles. The molecule has 0 N–H and O–H groups in total. The van der Waals surface area contributed by atoms with Crippen LogP contribution in [-0.2, 0) is 10.0 Å². The number of hydrogen-bond donors (Lipinski definition) is 0. The number of aromatic nitrogens is 2. The second kappa shape index (κ2) is 10.0. The van der Waals surface area contributed by atoms with Crippen molar-refractivity contribution in [2.75, 3.05) is 0 Å². The van der Waals surface area contributed by atoms with E-state index in [1.165, 1.54) is 4.41 Å². The average Bonchev–Trinajstić information content (AvgIpc) is 3.61. The molecule has 1 aliphatic heterocycles. The zero-order valence-electron chi connectivity index (χ0n) is 21.8. The SMILES string of the molecule is Cc1ccc(C2=NN(S(=O)(=O)c3ccc(C)cc3)C(c3cn(-c4ccccc4)nc3-c3ccccc3)C2)cc1. The first-order chi connectivity index (χ1) is 18.9. The van der Waals surface area contributed by atoms with Crippen molar-refractivity contribution in [3.8, 4) is 16.9 Å². The number of rotatable bonds is 6. The Labute approximate surface area is 228 Å².